The lowest BCUT2D eigenvalue weighted by atomic mass is 9.32. The first kappa shape index (κ1) is 31.8. The second-order valence-corrected chi connectivity index (χ2v) is 17.4. The molecule has 0 unspecified atom stereocenters. The van der Waals surface area contributed by atoms with Crippen LogP contribution in [-0.4, -0.2) is 35.9 Å². The summed E-state index contributed by atoms with van der Waals surface area (Å²) in [5.41, 5.74) is -0.367. The Balaban J connectivity index is 1.16. The van der Waals surface area contributed by atoms with Gasteiger partial charge in [0.2, 0.25) is 0 Å². The van der Waals surface area contributed by atoms with E-state index in [2.05, 4.69) is 60.6 Å². The number of phenolic OH excluding ortho intramolecular Hbond substituents is 1. The van der Waals surface area contributed by atoms with E-state index in [4.69, 9.17) is 14.2 Å². The van der Waals surface area contributed by atoms with E-state index < -0.39 is 5.60 Å². The minimum absolute atomic E-state index is 0.00229. The lowest BCUT2D eigenvalue weighted by molar-refractivity contribution is -0.247. The van der Waals surface area contributed by atoms with Crippen molar-refractivity contribution < 1.29 is 28.9 Å². The normalized spacial score (nSPS) is 46.8. The van der Waals surface area contributed by atoms with Gasteiger partial charge < -0.3 is 19.3 Å². The molecule has 1 aromatic carbocycles. The summed E-state index contributed by atoms with van der Waals surface area (Å²) in [6.07, 6.45) is 16.0. The first-order valence-electron chi connectivity index (χ1n) is 17.8. The van der Waals surface area contributed by atoms with Gasteiger partial charge in [-0.15, -0.1) is 0 Å². The maximum absolute atomic E-state index is 13.9. The Morgan fingerprint density at radius 2 is 1.76 bits per heavy atom. The number of benzene rings is 1. The van der Waals surface area contributed by atoms with Gasteiger partial charge in [0.1, 0.15) is 11.7 Å². The molecule has 1 aromatic rings. The fourth-order valence-corrected chi connectivity index (χ4v) is 12.8. The lowest BCUT2D eigenvalue weighted by Gasteiger charge is -2.72. The number of rotatable bonds is 4. The Kier molecular flexibility index (Phi) is 7.00. The number of methoxy groups -OCH3 is 1. The number of aromatic hydroxyl groups is 1. The van der Waals surface area contributed by atoms with Crippen LogP contribution in [0.3, 0.4) is 0 Å². The molecular weight excluding hydrogens is 576 g/mol. The highest BCUT2D eigenvalue weighted by Crippen LogP contribution is 2.79. The molecule has 0 amide bonds. The average Bonchev–Trinajstić information content (AvgIpc) is 3.21. The van der Waals surface area contributed by atoms with Gasteiger partial charge in [-0.2, -0.15) is 0 Å². The second kappa shape index (κ2) is 10.1. The zero-order valence-electron chi connectivity index (χ0n) is 29.2. The lowest BCUT2D eigenvalue weighted by Crippen LogP contribution is -2.71. The Morgan fingerprint density at radius 3 is 2.50 bits per heavy atom. The summed E-state index contributed by atoms with van der Waals surface area (Å²) in [6, 6.07) is 5.00. The number of hydrogen-bond acceptors (Lipinski definition) is 6. The maximum Gasteiger partial charge on any atom is 0.331 e. The number of esters is 2. The molecule has 250 valence electrons. The van der Waals surface area contributed by atoms with Gasteiger partial charge in [0.05, 0.1) is 12.5 Å². The molecule has 1 saturated heterocycles. The minimum atomic E-state index is -0.527. The molecule has 0 radical (unpaired) electrons. The van der Waals surface area contributed by atoms with Crippen LogP contribution < -0.4 is 4.74 Å². The number of allylic oxidation sites excluding steroid dienone is 1. The van der Waals surface area contributed by atoms with Crippen molar-refractivity contribution >= 4 is 18.0 Å². The summed E-state index contributed by atoms with van der Waals surface area (Å²) >= 11 is 0. The Hall–Kier alpha value is -2.76. The molecule has 1 heterocycles. The fraction of sp³-hybridized carbons (Fsp3) is 0.700. The quantitative estimate of drug-likeness (QED) is 0.204. The van der Waals surface area contributed by atoms with E-state index in [1.165, 1.54) is 13.2 Å². The summed E-state index contributed by atoms with van der Waals surface area (Å²) in [7, 11) is 1.51. The van der Waals surface area contributed by atoms with Gasteiger partial charge in [-0.1, -0.05) is 60.6 Å². The molecule has 1 spiro atoms. The number of phenols is 1. The van der Waals surface area contributed by atoms with Gasteiger partial charge in [0, 0.05) is 22.8 Å². The van der Waals surface area contributed by atoms with Crippen molar-refractivity contribution in [3.8, 4) is 11.5 Å². The van der Waals surface area contributed by atoms with Crippen LogP contribution in [0, 0.1) is 56.7 Å². The average molecular weight is 631 g/mol. The predicted molar refractivity (Wildman–Crippen MR) is 178 cm³/mol. The van der Waals surface area contributed by atoms with Crippen LogP contribution in [-0.2, 0) is 19.1 Å². The molecule has 1 aliphatic heterocycles. The van der Waals surface area contributed by atoms with Crippen molar-refractivity contribution in [2.45, 2.75) is 112 Å². The molecule has 0 aromatic heterocycles. The topological polar surface area (TPSA) is 82.1 Å². The Bertz CT molecular complexity index is 1510. The predicted octanol–water partition coefficient (Wildman–Crippen LogP) is 8.52. The zero-order chi connectivity index (χ0) is 33.1. The molecule has 46 heavy (non-hydrogen) atoms. The van der Waals surface area contributed by atoms with Gasteiger partial charge in [0.25, 0.3) is 0 Å². The highest BCUT2D eigenvalue weighted by atomic mass is 16.6. The van der Waals surface area contributed by atoms with Crippen LogP contribution in [0.4, 0.5) is 0 Å². The molecule has 11 atom stereocenters. The van der Waals surface area contributed by atoms with Crippen molar-refractivity contribution in [2.24, 2.45) is 56.7 Å². The summed E-state index contributed by atoms with van der Waals surface area (Å²) in [4.78, 5) is 27.0. The van der Waals surface area contributed by atoms with E-state index in [0.29, 0.717) is 29.4 Å². The molecule has 4 saturated carbocycles. The van der Waals surface area contributed by atoms with E-state index in [9.17, 15) is 14.7 Å². The number of ether oxygens (including phenoxy) is 3. The van der Waals surface area contributed by atoms with Crippen LogP contribution in [0.15, 0.2) is 36.4 Å². The molecule has 5 fully saturated rings. The molecule has 5 aliphatic carbocycles. The van der Waals surface area contributed by atoms with Gasteiger partial charge >= 0.3 is 11.9 Å². The SMILES string of the molecule is COc1cc(C=CC(=O)O[C@H]2CC[C@]3(C)[C@H]4C=C[C@]56OC(=O)[C@@]7(CC[C@@H](C)[C@H](C)[C@H]75)CC[C@@]6(C)[C@]4(C)CC[C@H]3C2(C)C)ccc1O. The van der Waals surface area contributed by atoms with Crippen LogP contribution in [0.1, 0.15) is 105 Å². The molecular formula is C40H54O6. The van der Waals surface area contributed by atoms with Crippen molar-refractivity contribution in [1.82, 2.24) is 0 Å². The van der Waals surface area contributed by atoms with Gasteiger partial charge in [-0.3, -0.25) is 4.79 Å². The largest absolute Gasteiger partial charge is 0.504 e. The minimum Gasteiger partial charge on any atom is -0.504 e. The zero-order valence-corrected chi connectivity index (χ0v) is 29.2. The van der Waals surface area contributed by atoms with Crippen LogP contribution >= 0.6 is 0 Å². The monoisotopic (exact) mass is 630 g/mol. The first-order chi connectivity index (χ1) is 21.6. The van der Waals surface area contributed by atoms with Crippen molar-refractivity contribution in [3.05, 3.63) is 42.0 Å². The fourth-order valence-electron chi connectivity index (χ4n) is 12.8. The van der Waals surface area contributed by atoms with Gasteiger partial charge in [-0.05, 0) is 116 Å². The first-order valence-corrected chi connectivity index (χ1v) is 17.8. The summed E-state index contributed by atoms with van der Waals surface area (Å²) < 4.78 is 18.2. The number of hydrogen-bond donors (Lipinski definition) is 1. The number of carbonyl (C=O) groups excluding carboxylic acids is 2. The van der Waals surface area contributed by atoms with E-state index in [1.807, 2.05) is 0 Å². The van der Waals surface area contributed by atoms with E-state index in [1.54, 1.807) is 24.3 Å². The maximum atomic E-state index is 13.9. The van der Waals surface area contributed by atoms with Crippen molar-refractivity contribution in [3.63, 3.8) is 0 Å². The van der Waals surface area contributed by atoms with Gasteiger partial charge in [-0.25, -0.2) is 4.79 Å². The standard InChI is InChI=1S/C40H54O6/c1-24-13-19-39-22-21-38(7)37(6)18-14-29-35(3,4)31(45-32(42)12-10-26-9-11-27(41)28(23-26)44-8)16-17-36(29,5)30(37)15-20-40(38,46-34(39)43)33(39)25(24)2/h9-12,15,20,23-25,29-31,33,41H,13-14,16-19,21-22H2,1-8H3/t24-,25+,29+,30-,31+,33-,36+,37-,38+,39+,40+/m1/s1. The van der Waals surface area contributed by atoms with Crippen LogP contribution in [0.5, 0.6) is 11.5 Å². The highest BCUT2D eigenvalue weighted by molar-refractivity contribution is 5.87. The summed E-state index contributed by atoms with van der Waals surface area (Å²) in [5, 5.41) is 9.90. The summed E-state index contributed by atoms with van der Waals surface area (Å²) in [6.45, 7) is 16.9. The van der Waals surface area contributed by atoms with Crippen molar-refractivity contribution in [1.29, 1.82) is 0 Å². The van der Waals surface area contributed by atoms with Gasteiger partial charge in [0.15, 0.2) is 11.5 Å². The Morgan fingerprint density at radius 1 is 1.00 bits per heavy atom. The van der Waals surface area contributed by atoms with E-state index in [-0.39, 0.29) is 56.8 Å². The number of fused-ring (bicyclic) bond motifs is 4. The molecule has 6 heteroatoms. The molecule has 2 bridgehead atoms. The van der Waals surface area contributed by atoms with Crippen molar-refractivity contribution in [2.75, 3.05) is 7.11 Å². The highest BCUT2D eigenvalue weighted by Gasteiger charge is 2.80. The third-order valence-electron chi connectivity index (χ3n) is 15.6. The number of carbonyl (C=O) groups is 2. The summed E-state index contributed by atoms with van der Waals surface area (Å²) in [5.74, 6) is 2.20. The van der Waals surface area contributed by atoms with Crippen LogP contribution in [0.2, 0.25) is 0 Å². The third-order valence-corrected chi connectivity index (χ3v) is 15.6. The molecule has 7 rings (SSSR count). The van der Waals surface area contributed by atoms with E-state index >= 15 is 0 Å². The second-order valence-electron chi connectivity index (χ2n) is 17.4. The molecule has 1 N–H and O–H groups in total. The van der Waals surface area contributed by atoms with Crippen LogP contribution in [0.25, 0.3) is 6.08 Å². The molecule has 6 aliphatic rings. The Labute approximate surface area is 275 Å². The third kappa shape index (κ3) is 3.88. The molecule has 6 nitrogen and oxygen atoms in total. The van der Waals surface area contributed by atoms with E-state index in [0.717, 1.165) is 56.9 Å². The smallest absolute Gasteiger partial charge is 0.331 e.